The normalized spacial score (nSPS) is 13.4. The van der Waals surface area contributed by atoms with E-state index in [1.165, 1.54) is 0 Å². The van der Waals surface area contributed by atoms with Crippen LogP contribution in [-0.4, -0.2) is 80.7 Å². The van der Waals surface area contributed by atoms with Crippen LogP contribution in [-0.2, 0) is 23.8 Å². The molecule has 16 heteroatoms. The molecule has 2 N–H and O–H groups in total. The lowest BCUT2D eigenvalue weighted by Crippen LogP contribution is -2.59. The van der Waals surface area contributed by atoms with Gasteiger partial charge in [-0.2, -0.15) is 39.5 Å². The Bertz CT molecular complexity index is 497. The Hall–Kier alpha value is -1.81. The van der Waals surface area contributed by atoms with Crippen LogP contribution in [0.15, 0.2) is 0 Å². The summed E-state index contributed by atoms with van der Waals surface area (Å²) in [6.07, 6.45) is -16.2. The number of carbonyl (C=O) groups is 2. The van der Waals surface area contributed by atoms with Crippen molar-refractivity contribution in [2.75, 3.05) is 39.6 Å². The van der Waals surface area contributed by atoms with Gasteiger partial charge in [0.25, 0.3) is 0 Å². The second-order valence-electron chi connectivity index (χ2n) is 6.05. The summed E-state index contributed by atoms with van der Waals surface area (Å²) >= 11 is 0. The summed E-state index contributed by atoms with van der Waals surface area (Å²) in [6, 6.07) is 0. The van der Waals surface area contributed by atoms with Crippen molar-refractivity contribution in [3.8, 4) is 0 Å². The van der Waals surface area contributed by atoms with Crippen molar-refractivity contribution in [1.29, 1.82) is 0 Å². The fourth-order valence-electron chi connectivity index (χ4n) is 1.90. The highest BCUT2D eigenvalue weighted by Crippen LogP contribution is 2.21. The Kier molecular flexibility index (Phi) is 10.8. The SMILES string of the molecule is O=C(O)CCC(=O)NC(COCC(F)(F)F)(COCC(F)(F)F)COCC(F)(F)F. The second kappa shape index (κ2) is 11.5. The quantitative estimate of drug-likeness (QED) is 0.405. The van der Waals surface area contributed by atoms with E-state index in [0.29, 0.717) is 0 Å². The summed E-state index contributed by atoms with van der Waals surface area (Å²) < 4.78 is 123. The second-order valence-corrected chi connectivity index (χ2v) is 6.05. The minimum absolute atomic E-state index is 0.766. The van der Waals surface area contributed by atoms with Crippen LogP contribution < -0.4 is 5.32 Å². The maximum Gasteiger partial charge on any atom is 0.411 e. The Balaban J connectivity index is 5.42. The molecule has 1 amide bonds. The number of rotatable bonds is 13. The highest BCUT2D eigenvalue weighted by atomic mass is 19.4. The molecule has 0 saturated heterocycles. The zero-order valence-electron chi connectivity index (χ0n) is 15.0. The molecule has 7 nitrogen and oxygen atoms in total. The van der Waals surface area contributed by atoms with E-state index >= 15 is 0 Å². The van der Waals surface area contributed by atoms with E-state index in [2.05, 4.69) is 14.2 Å². The molecule has 0 unspecified atom stereocenters. The lowest BCUT2D eigenvalue weighted by atomic mass is 10.0. The first-order valence-corrected chi connectivity index (χ1v) is 7.89. The number of hydrogen-bond donors (Lipinski definition) is 2. The van der Waals surface area contributed by atoms with Crippen LogP contribution in [0, 0.1) is 0 Å². The Labute approximate surface area is 163 Å². The predicted molar refractivity (Wildman–Crippen MR) is 78.4 cm³/mol. The fourth-order valence-corrected chi connectivity index (χ4v) is 1.90. The average Bonchev–Trinajstić information content (AvgIpc) is 2.49. The summed E-state index contributed by atoms with van der Waals surface area (Å²) in [6.45, 7) is -9.50. The molecule has 0 radical (unpaired) electrons. The van der Waals surface area contributed by atoms with Gasteiger partial charge in [0, 0.05) is 6.42 Å². The number of carbonyl (C=O) groups excluding carboxylic acids is 1. The zero-order valence-corrected chi connectivity index (χ0v) is 15.0. The molecule has 0 aromatic heterocycles. The minimum Gasteiger partial charge on any atom is -0.481 e. The van der Waals surface area contributed by atoms with Crippen molar-refractivity contribution in [3.63, 3.8) is 0 Å². The topological polar surface area (TPSA) is 94.1 Å². The highest BCUT2D eigenvalue weighted by molar-refractivity contribution is 5.81. The van der Waals surface area contributed by atoms with Gasteiger partial charge < -0.3 is 24.6 Å². The third-order valence-electron chi connectivity index (χ3n) is 2.90. The van der Waals surface area contributed by atoms with Gasteiger partial charge in [-0.1, -0.05) is 0 Å². The van der Waals surface area contributed by atoms with E-state index in [4.69, 9.17) is 5.11 Å². The summed E-state index contributed by atoms with van der Waals surface area (Å²) in [5.41, 5.74) is -2.39. The van der Waals surface area contributed by atoms with Crippen molar-refractivity contribution >= 4 is 11.9 Å². The number of alkyl halides is 9. The van der Waals surface area contributed by atoms with Crippen LogP contribution >= 0.6 is 0 Å². The lowest BCUT2D eigenvalue weighted by Gasteiger charge is -2.34. The number of ether oxygens (including phenoxy) is 3. The van der Waals surface area contributed by atoms with Crippen LogP contribution in [0.3, 0.4) is 0 Å². The monoisotopic (exact) mass is 467 g/mol. The molecule has 0 aromatic rings. The molecule has 178 valence electrons. The van der Waals surface area contributed by atoms with Crippen LogP contribution in [0.1, 0.15) is 12.8 Å². The summed E-state index contributed by atoms with van der Waals surface area (Å²) in [5.74, 6) is -2.65. The largest absolute Gasteiger partial charge is 0.481 e. The number of carboxylic acids is 1. The first kappa shape index (κ1) is 28.2. The maximum absolute atomic E-state index is 12.3. The predicted octanol–water partition coefficient (Wildman–Crippen LogP) is 2.44. The molecule has 0 fully saturated rings. The Morgan fingerprint density at radius 3 is 1.23 bits per heavy atom. The summed E-state index contributed by atoms with van der Waals surface area (Å²) in [4.78, 5) is 22.3. The van der Waals surface area contributed by atoms with Gasteiger partial charge in [-0.3, -0.25) is 9.59 Å². The van der Waals surface area contributed by atoms with Crippen molar-refractivity contribution < 1.29 is 68.4 Å². The molecule has 0 aliphatic heterocycles. The third kappa shape index (κ3) is 16.0. The van der Waals surface area contributed by atoms with Gasteiger partial charge in [0.15, 0.2) is 0 Å². The first-order valence-electron chi connectivity index (χ1n) is 7.89. The molecule has 0 saturated carbocycles. The van der Waals surface area contributed by atoms with Gasteiger partial charge in [-0.25, -0.2) is 0 Å². The standard InChI is InChI=1S/C14H18F9NO6/c15-12(16,17)6-28-3-11(4-29-7-13(18,19)20,5-30-8-14(21,22)23)24-9(25)1-2-10(26)27/h1-8H2,(H,24,25)(H,26,27). The smallest absolute Gasteiger partial charge is 0.411 e. The number of nitrogens with one attached hydrogen (secondary N) is 1. The molecule has 0 spiro atoms. The molecule has 0 aliphatic carbocycles. The Morgan fingerprint density at radius 2 is 0.967 bits per heavy atom. The minimum atomic E-state index is -4.89. The van der Waals surface area contributed by atoms with Crippen LogP contribution in [0.25, 0.3) is 0 Å². The molecule has 0 aliphatic rings. The van der Waals surface area contributed by atoms with Crippen LogP contribution in [0.2, 0.25) is 0 Å². The first-order chi connectivity index (χ1) is 13.4. The number of amides is 1. The fraction of sp³-hybridized carbons (Fsp3) is 0.857. The van der Waals surface area contributed by atoms with Crippen LogP contribution in [0.5, 0.6) is 0 Å². The third-order valence-corrected chi connectivity index (χ3v) is 2.90. The van der Waals surface area contributed by atoms with Gasteiger partial charge in [-0.15, -0.1) is 0 Å². The number of carboxylic acid groups (broad SMARTS) is 1. The lowest BCUT2D eigenvalue weighted by molar-refractivity contribution is -0.201. The van der Waals surface area contributed by atoms with Crippen LogP contribution in [0.4, 0.5) is 39.5 Å². The van der Waals surface area contributed by atoms with Gasteiger partial charge in [-0.05, 0) is 0 Å². The molecule has 30 heavy (non-hydrogen) atoms. The van der Waals surface area contributed by atoms with E-state index in [1.807, 2.05) is 5.32 Å². The molecule has 0 atom stereocenters. The van der Waals surface area contributed by atoms with Gasteiger partial charge in [0.05, 0.1) is 26.2 Å². The van der Waals surface area contributed by atoms with Crippen molar-refractivity contribution in [1.82, 2.24) is 5.32 Å². The average molecular weight is 467 g/mol. The Morgan fingerprint density at radius 1 is 0.633 bits per heavy atom. The highest BCUT2D eigenvalue weighted by Gasteiger charge is 2.39. The van der Waals surface area contributed by atoms with E-state index in [9.17, 15) is 49.1 Å². The van der Waals surface area contributed by atoms with Gasteiger partial charge in [0.2, 0.25) is 5.91 Å². The molecule has 0 heterocycles. The molecular formula is C14H18F9NO6. The van der Waals surface area contributed by atoms with E-state index in [-0.39, 0.29) is 0 Å². The number of aliphatic carboxylic acids is 1. The van der Waals surface area contributed by atoms with Gasteiger partial charge >= 0.3 is 24.5 Å². The van der Waals surface area contributed by atoms with E-state index in [0.717, 1.165) is 0 Å². The van der Waals surface area contributed by atoms with E-state index < -0.39 is 88.4 Å². The maximum atomic E-state index is 12.3. The molecule has 0 aromatic carbocycles. The number of halogens is 9. The van der Waals surface area contributed by atoms with Crippen molar-refractivity contribution in [2.45, 2.75) is 36.9 Å². The zero-order chi connectivity index (χ0) is 23.6. The summed E-state index contributed by atoms with van der Waals surface area (Å²) in [5, 5.41) is 10.4. The van der Waals surface area contributed by atoms with Gasteiger partial charge in [0.1, 0.15) is 25.4 Å². The molecule has 0 rings (SSSR count). The van der Waals surface area contributed by atoms with Crippen molar-refractivity contribution in [3.05, 3.63) is 0 Å². The summed E-state index contributed by atoms with van der Waals surface area (Å²) in [7, 11) is 0. The number of hydrogen-bond acceptors (Lipinski definition) is 5. The van der Waals surface area contributed by atoms with Crippen molar-refractivity contribution in [2.24, 2.45) is 0 Å². The molecule has 0 bridgehead atoms. The van der Waals surface area contributed by atoms with E-state index in [1.54, 1.807) is 0 Å². The molecular weight excluding hydrogens is 449 g/mol.